The Morgan fingerprint density at radius 1 is 1.53 bits per heavy atom. The highest BCUT2D eigenvalue weighted by atomic mass is 79.9. The molecule has 1 aromatic heterocycles. The first kappa shape index (κ1) is 13.2. The summed E-state index contributed by atoms with van der Waals surface area (Å²) in [5, 5.41) is 2.90. The van der Waals surface area contributed by atoms with Crippen LogP contribution in [-0.4, -0.2) is 12.5 Å². The van der Waals surface area contributed by atoms with Gasteiger partial charge in [0, 0.05) is 11.0 Å². The Kier molecular flexibility index (Phi) is 5.29. The predicted octanol–water partition coefficient (Wildman–Crippen LogP) is 4.05. The zero-order valence-corrected chi connectivity index (χ0v) is 12.6. The Morgan fingerprint density at radius 2 is 2.20 bits per heavy atom. The van der Waals surface area contributed by atoms with Gasteiger partial charge in [-0.2, -0.15) is 0 Å². The second kappa shape index (κ2) is 6.01. The van der Waals surface area contributed by atoms with E-state index in [1.165, 1.54) is 11.3 Å². The molecule has 1 amide bonds. The smallest absolute Gasteiger partial charge is 0.261 e. The minimum Gasteiger partial charge on any atom is -0.351 e. The van der Waals surface area contributed by atoms with E-state index in [0.29, 0.717) is 5.92 Å². The Morgan fingerprint density at radius 3 is 2.67 bits per heavy atom. The van der Waals surface area contributed by atoms with Crippen molar-refractivity contribution in [3.63, 3.8) is 0 Å². The Balaban J connectivity index is 2.47. The van der Waals surface area contributed by atoms with Gasteiger partial charge in [0.1, 0.15) is 0 Å². The van der Waals surface area contributed by atoms with Gasteiger partial charge in [0.05, 0.1) is 8.66 Å². The number of thiophene rings is 1. The number of rotatable bonds is 4. The van der Waals surface area contributed by atoms with E-state index in [2.05, 4.69) is 51.0 Å². The van der Waals surface area contributed by atoms with Crippen molar-refractivity contribution >= 4 is 49.1 Å². The van der Waals surface area contributed by atoms with Crippen molar-refractivity contribution in [3.8, 4) is 0 Å². The molecule has 0 radical (unpaired) electrons. The van der Waals surface area contributed by atoms with E-state index in [9.17, 15) is 4.79 Å². The van der Waals surface area contributed by atoms with E-state index < -0.39 is 0 Å². The Labute approximate surface area is 111 Å². The van der Waals surface area contributed by atoms with Crippen LogP contribution in [0.3, 0.4) is 0 Å². The quantitative estimate of drug-likeness (QED) is 0.868. The maximum Gasteiger partial charge on any atom is 0.261 e. The number of hydrogen-bond donors (Lipinski definition) is 1. The molecule has 84 valence electrons. The molecule has 2 nitrogen and oxygen atoms in total. The summed E-state index contributed by atoms with van der Waals surface area (Å²) in [6.07, 6.45) is 1.01. The molecule has 0 fully saturated rings. The minimum atomic E-state index is 0.00653. The van der Waals surface area contributed by atoms with Gasteiger partial charge in [0.25, 0.3) is 5.91 Å². The lowest BCUT2D eigenvalue weighted by atomic mass is 10.1. The highest BCUT2D eigenvalue weighted by Gasteiger charge is 2.11. The third-order valence-corrected chi connectivity index (χ3v) is 5.13. The summed E-state index contributed by atoms with van der Waals surface area (Å²) >= 11 is 8.17. The lowest BCUT2D eigenvalue weighted by Gasteiger charge is -2.05. The minimum absolute atomic E-state index is 0.00653. The summed E-state index contributed by atoms with van der Waals surface area (Å²) in [4.78, 5) is 12.4. The molecule has 0 atom stereocenters. The third kappa shape index (κ3) is 4.25. The lowest BCUT2D eigenvalue weighted by Crippen LogP contribution is -2.24. The molecule has 0 aliphatic heterocycles. The monoisotopic (exact) mass is 353 g/mol. The van der Waals surface area contributed by atoms with Crippen LogP contribution in [0.4, 0.5) is 0 Å². The van der Waals surface area contributed by atoms with E-state index in [4.69, 9.17) is 0 Å². The first-order valence-electron chi connectivity index (χ1n) is 4.73. The van der Waals surface area contributed by atoms with E-state index in [1.807, 2.05) is 6.07 Å². The summed E-state index contributed by atoms with van der Waals surface area (Å²) in [5.41, 5.74) is 0. The van der Waals surface area contributed by atoms with Crippen LogP contribution >= 0.6 is 43.2 Å². The van der Waals surface area contributed by atoms with Gasteiger partial charge in [-0.3, -0.25) is 4.79 Å². The van der Waals surface area contributed by atoms with Crippen molar-refractivity contribution in [2.75, 3.05) is 6.54 Å². The van der Waals surface area contributed by atoms with E-state index in [-0.39, 0.29) is 5.91 Å². The van der Waals surface area contributed by atoms with Crippen molar-refractivity contribution in [2.45, 2.75) is 20.3 Å². The molecule has 1 rings (SSSR count). The van der Waals surface area contributed by atoms with Gasteiger partial charge in [-0.05, 0) is 50.3 Å². The van der Waals surface area contributed by atoms with Crippen LogP contribution in [0.15, 0.2) is 14.3 Å². The summed E-state index contributed by atoms with van der Waals surface area (Å²) in [6, 6.07) is 1.83. The average molecular weight is 355 g/mol. The molecule has 1 N–H and O–H groups in total. The molecule has 0 aliphatic carbocycles. The number of carbonyl (C=O) groups excluding carboxylic acids is 1. The third-order valence-electron chi connectivity index (χ3n) is 1.88. The molecule has 0 aliphatic rings. The first-order chi connectivity index (χ1) is 7.00. The van der Waals surface area contributed by atoms with Gasteiger partial charge in [-0.15, -0.1) is 11.3 Å². The number of amides is 1. The van der Waals surface area contributed by atoms with E-state index >= 15 is 0 Å². The molecule has 5 heteroatoms. The standard InChI is InChI=1S/C10H13Br2NOS/c1-6(2)3-4-13-10(14)8-5-7(11)9(12)15-8/h5-6H,3-4H2,1-2H3,(H,13,14). The molecule has 0 saturated carbocycles. The van der Waals surface area contributed by atoms with Crippen LogP contribution in [0.1, 0.15) is 29.9 Å². The van der Waals surface area contributed by atoms with Crippen molar-refractivity contribution in [1.82, 2.24) is 5.32 Å². The normalized spacial score (nSPS) is 10.7. The van der Waals surface area contributed by atoms with Gasteiger partial charge < -0.3 is 5.32 Å². The van der Waals surface area contributed by atoms with Crippen molar-refractivity contribution < 1.29 is 4.79 Å². The second-order valence-electron chi connectivity index (χ2n) is 3.67. The maximum absolute atomic E-state index is 11.6. The van der Waals surface area contributed by atoms with E-state index in [0.717, 1.165) is 26.1 Å². The molecule has 1 heterocycles. The molecular formula is C10H13Br2NOS. The number of hydrogen-bond acceptors (Lipinski definition) is 2. The largest absolute Gasteiger partial charge is 0.351 e. The summed E-state index contributed by atoms with van der Waals surface area (Å²) < 4.78 is 1.89. The summed E-state index contributed by atoms with van der Waals surface area (Å²) in [5.74, 6) is 0.624. The molecule has 1 aromatic rings. The van der Waals surface area contributed by atoms with Gasteiger partial charge in [0.15, 0.2) is 0 Å². The SMILES string of the molecule is CC(C)CCNC(=O)c1cc(Br)c(Br)s1. The number of carbonyl (C=O) groups is 1. The Hall–Kier alpha value is 0.130. The van der Waals surface area contributed by atoms with Crippen LogP contribution in [0.2, 0.25) is 0 Å². The first-order valence-corrected chi connectivity index (χ1v) is 7.14. The van der Waals surface area contributed by atoms with Gasteiger partial charge in [0.2, 0.25) is 0 Å². The van der Waals surface area contributed by atoms with Crippen molar-refractivity contribution in [1.29, 1.82) is 0 Å². The summed E-state index contributed by atoms with van der Waals surface area (Å²) in [7, 11) is 0. The number of nitrogens with one attached hydrogen (secondary N) is 1. The fourth-order valence-corrected chi connectivity index (χ4v) is 2.97. The van der Waals surface area contributed by atoms with Gasteiger partial charge in [-0.1, -0.05) is 13.8 Å². The van der Waals surface area contributed by atoms with Gasteiger partial charge in [-0.25, -0.2) is 0 Å². The second-order valence-corrected chi connectivity index (χ2v) is 6.90. The topological polar surface area (TPSA) is 29.1 Å². The molecule has 0 spiro atoms. The molecular weight excluding hydrogens is 342 g/mol. The van der Waals surface area contributed by atoms with Crippen LogP contribution in [0.5, 0.6) is 0 Å². The zero-order chi connectivity index (χ0) is 11.4. The highest BCUT2D eigenvalue weighted by molar-refractivity contribution is 9.13. The fraction of sp³-hybridized carbons (Fsp3) is 0.500. The van der Waals surface area contributed by atoms with E-state index in [1.54, 1.807) is 0 Å². The average Bonchev–Trinajstić information content (AvgIpc) is 2.46. The van der Waals surface area contributed by atoms with Crippen LogP contribution in [0, 0.1) is 5.92 Å². The van der Waals surface area contributed by atoms with Gasteiger partial charge >= 0.3 is 0 Å². The predicted molar refractivity (Wildman–Crippen MR) is 71.5 cm³/mol. The van der Waals surface area contributed by atoms with Crippen LogP contribution in [0.25, 0.3) is 0 Å². The molecule has 0 saturated heterocycles. The molecule has 0 bridgehead atoms. The highest BCUT2D eigenvalue weighted by Crippen LogP contribution is 2.32. The Bertz CT molecular complexity index is 330. The van der Waals surface area contributed by atoms with Crippen molar-refractivity contribution in [2.24, 2.45) is 5.92 Å². The maximum atomic E-state index is 11.6. The molecule has 0 unspecified atom stereocenters. The lowest BCUT2D eigenvalue weighted by molar-refractivity contribution is 0.0956. The zero-order valence-electron chi connectivity index (χ0n) is 8.64. The fourth-order valence-electron chi connectivity index (χ4n) is 1.02. The number of halogens is 2. The van der Waals surface area contributed by atoms with Crippen LogP contribution in [-0.2, 0) is 0 Å². The molecule has 0 aromatic carbocycles. The summed E-state index contributed by atoms with van der Waals surface area (Å²) in [6.45, 7) is 5.03. The van der Waals surface area contributed by atoms with Crippen molar-refractivity contribution in [3.05, 3.63) is 19.2 Å². The molecule has 15 heavy (non-hydrogen) atoms. The van der Waals surface area contributed by atoms with Crippen LogP contribution < -0.4 is 5.32 Å².